The molecule has 1 saturated carbocycles. The van der Waals surface area contributed by atoms with Crippen molar-refractivity contribution in [3.05, 3.63) is 33.9 Å². The zero-order valence-corrected chi connectivity index (χ0v) is 11.5. The van der Waals surface area contributed by atoms with Crippen molar-refractivity contribution in [3.8, 4) is 0 Å². The molecule has 0 radical (unpaired) electrons. The molecule has 0 unspecified atom stereocenters. The molecule has 19 heavy (non-hydrogen) atoms. The Morgan fingerprint density at radius 1 is 1.32 bits per heavy atom. The Kier molecular flexibility index (Phi) is 4.04. The number of nitrogens with zero attached hydrogens (tertiary/aromatic N) is 2. The molecule has 5 heteroatoms. The Bertz CT molecular complexity index is 468. The van der Waals surface area contributed by atoms with Gasteiger partial charge in [0.15, 0.2) is 0 Å². The van der Waals surface area contributed by atoms with E-state index in [2.05, 4.69) is 11.9 Å². The Morgan fingerprint density at radius 3 is 2.47 bits per heavy atom. The van der Waals surface area contributed by atoms with Crippen molar-refractivity contribution in [1.82, 2.24) is 0 Å². The summed E-state index contributed by atoms with van der Waals surface area (Å²) in [5, 5.41) is 10.8. The lowest BCUT2D eigenvalue weighted by atomic mass is 9.90. The van der Waals surface area contributed by atoms with E-state index < -0.39 is 0 Å². The van der Waals surface area contributed by atoms with Gasteiger partial charge in [-0.1, -0.05) is 0 Å². The molecule has 0 saturated heterocycles. The first-order valence-electron chi connectivity index (χ1n) is 6.72. The maximum Gasteiger partial charge on any atom is 0.269 e. The zero-order chi connectivity index (χ0) is 14.0. The highest BCUT2D eigenvalue weighted by Gasteiger charge is 2.23. The normalized spacial score (nSPS) is 23.1. The third kappa shape index (κ3) is 3.04. The molecule has 1 fully saturated rings. The quantitative estimate of drug-likeness (QED) is 0.672. The van der Waals surface area contributed by atoms with Gasteiger partial charge in [-0.25, -0.2) is 0 Å². The Labute approximate surface area is 113 Å². The summed E-state index contributed by atoms with van der Waals surface area (Å²) < 4.78 is 0. The van der Waals surface area contributed by atoms with Crippen LogP contribution in [0.4, 0.5) is 11.4 Å². The van der Waals surface area contributed by atoms with E-state index in [1.54, 1.807) is 12.1 Å². The Hall–Kier alpha value is -1.62. The fraction of sp³-hybridized carbons (Fsp3) is 0.571. The van der Waals surface area contributed by atoms with E-state index in [0.717, 1.165) is 36.9 Å². The molecule has 0 atom stereocenters. The van der Waals surface area contributed by atoms with Crippen LogP contribution in [0.1, 0.15) is 31.2 Å². The average Bonchev–Trinajstić information content (AvgIpc) is 2.38. The fourth-order valence-corrected chi connectivity index (χ4v) is 2.83. The summed E-state index contributed by atoms with van der Waals surface area (Å²) in [6, 6.07) is 5.89. The lowest BCUT2D eigenvalue weighted by molar-refractivity contribution is -0.384. The summed E-state index contributed by atoms with van der Waals surface area (Å²) in [5.41, 5.74) is 8.10. The van der Waals surface area contributed by atoms with E-state index in [1.807, 2.05) is 13.0 Å². The van der Waals surface area contributed by atoms with Gasteiger partial charge in [0, 0.05) is 37.0 Å². The third-order valence-corrected chi connectivity index (χ3v) is 4.06. The van der Waals surface area contributed by atoms with Gasteiger partial charge < -0.3 is 10.6 Å². The predicted octanol–water partition coefficient (Wildman–Crippen LogP) is 2.61. The van der Waals surface area contributed by atoms with Crippen LogP contribution in [0.3, 0.4) is 0 Å². The number of nitro groups is 1. The van der Waals surface area contributed by atoms with Gasteiger partial charge in [0.2, 0.25) is 0 Å². The first-order valence-corrected chi connectivity index (χ1v) is 6.72. The number of non-ortho nitro benzene ring substituents is 1. The maximum absolute atomic E-state index is 10.8. The molecule has 2 rings (SSSR count). The van der Waals surface area contributed by atoms with Crippen LogP contribution in [-0.4, -0.2) is 24.1 Å². The van der Waals surface area contributed by atoms with Crippen molar-refractivity contribution in [2.45, 2.75) is 44.7 Å². The predicted molar refractivity (Wildman–Crippen MR) is 76.5 cm³/mol. The molecule has 0 aliphatic heterocycles. The van der Waals surface area contributed by atoms with Crippen LogP contribution in [0, 0.1) is 17.0 Å². The minimum absolute atomic E-state index is 0.153. The smallest absolute Gasteiger partial charge is 0.269 e. The molecule has 1 aromatic rings. The van der Waals surface area contributed by atoms with Gasteiger partial charge in [0.05, 0.1) is 4.92 Å². The van der Waals surface area contributed by atoms with E-state index in [-0.39, 0.29) is 10.6 Å². The standard InChI is InChI=1S/C14H21N3O2/c1-10-9-13(17(18)19)7-8-14(10)16(2)12-5-3-11(15)4-6-12/h7-9,11-12H,3-6,15H2,1-2H3. The molecule has 5 nitrogen and oxygen atoms in total. The van der Waals surface area contributed by atoms with Gasteiger partial charge in [-0.3, -0.25) is 10.1 Å². The van der Waals surface area contributed by atoms with Crippen molar-refractivity contribution in [2.75, 3.05) is 11.9 Å². The molecular formula is C14H21N3O2. The van der Waals surface area contributed by atoms with E-state index in [9.17, 15) is 10.1 Å². The van der Waals surface area contributed by atoms with E-state index in [1.165, 1.54) is 0 Å². The van der Waals surface area contributed by atoms with Crippen molar-refractivity contribution in [3.63, 3.8) is 0 Å². The van der Waals surface area contributed by atoms with E-state index >= 15 is 0 Å². The molecule has 1 aliphatic rings. The van der Waals surface area contributed by atoms with Crippen molar-refractivity contribution < 1.29 is 4.92 Å². The van der Waals surface area contributed by atoms with Crippen molar-refractivity contribution in [2.24, 2.45) is 5.73 Å². The lowest BCUT2D eigenvalue weighted by Gasteiger charge is -2.35. The molecule has 0 aromatic heterocycles. The number of nitrogens with two attached hydrogens (primary N) is 1. The molecule has 2 N–H and O–H groups in total. The van der Waals surface area contributed by atoms with E-state index in [0.29, 0.717) is 12.1 Å². The molecule has 104 valence electrons. The van der Waals surface area contributed by atoms with Gasteiger partial charge in [0.25, 0.3) is 5.69 Å². The number of nitro benzene ring substituents is 1. The van der Waals surface area contributed by atoms with Gasteiger partial charge in [-0.2, -0.15) is 0 Å². The number of anilines is 1. The van der Waals surface area contributed by atoms with Crippen LogP contribution in [0.25, 0.3) is 0 Å². The lowest BCUT2D eigenvalue weighted by Crippen LogP contribution is -2.39. The minimum atomic E-state index is -0.351. The number of aryl methyl sites for hydroxylation is 1. The minimum Gasteiger partial charge on any atom is -0.371 e. The number of hydrogen-bond donors (Lipinski definition) is 1. The summed E-state index contributed by atoms with van der Waals surface area (Å²) in [6.45, 7) is 1.92. The highest BCUT2D eigenvalue weighted by atomic mass is 16.6. The second-order valence-corrected chi connectivity index (χ2v) is 5.41. The van der Waals surface area contributed by atoms with Crippen LogP contribution in [0.5, 0.6) is 0 Å². The van der Waals surface area contributed by atoms with E-state index in [4.69, 9.17) is 5.73 Å². The SMILES string of the molecule is Cc1cc([N+](=O)[O-])ccc1N(C)C1CCC(N)CC1. The number of rotatable bonds is 3. The third-order valence-electron chi connectivity index (χ3n) is 4.06. The summed E-state index contributed by atoms with van der Waals surface area (Å²) in [4.78, 5) is 12.6. The summed E-state index contributed by atoms with van der Waals surface area (Å²) in [7, 11) is 2.07. The van der Waals surface area contributed by atoms with Gasteiger partial charge in [-0.05, 0) is 44.2 Å². The Balaban J connectivity index is 2.15. The zero-order valence-electron chi connectivity index (χ0n) is 11.5. The molecule has 1 aliphatic carbocycles. The van der Waals surface area contributed by atoms with Crippen molar-refractivity contribution >= 4 is 11.4 Å². The second-order valence-electron chi connectivity index (χ2n) is 5.41. The fourth-order valence-electron chi connectivity index (χ4n) is 2.83. The van der Waals surface area contributed by atoms with Gasteiger partial charge in [0.1, 0.15) is 0 Å². The first kappa shape index (κ1) is 13.8. The summed E-state index contributed by atoms with van der Waals surface area (Å²) in [6.07, 6.45) is 4.30. The molecule has 0 spiro atoms. The molecule has 1 aromatic carbocycles. The molecule has 0 heterocycles. The summed E-state index contributed by atoms with van der Waals surface area (Å²) in [5.74, 6) is 0. The highest BCUT2D eigenvalue weighted by Crippen LogP contribution is 2.29. The second kappa shape index (κ2) is 5.57. The number of hydrogen-bond acceptors (Lipinski definition) is 4. The summed E-state index contributed by atoms with van der Waals surface area (Å²) >= 11 is 0. The highest BCUT2D eigenvalue weighted by molar-refractivity contribution is 5.57. The van der Waals surface area contributed by atoms with Crippen LogP contribution in [0.15, 0.2) is 18.2 Å². The maximum atomic E-state index is 10.8. The Morgan fingerprint density at radius 2 is 1.95 bits per heavy atom. The van der Waals surface area contributed by atoms with Crippen LogP contribution >= 0.6 is 0 Å². The van der Waals surface area contributed by atoms with Gasteiger partial charge in [-0.15, -0.1) is 0 Å². The topological polar surface area (TPSA) is 72.4 Å². The van der Waals surface area contributed by atoms with Gasteiger partial charge >= 0.3 is 0 Å². The van der Waals surface area contributed by atoms with Crippen LogP contribution in [-0.2, 0) is 0 Å². The molecule has 0 bridgehead atoms. The van der Waals surface area contributed by atoms with Crippen molar-refractivity contribution in [1.29, 1.82) is 0 Å². The number of benzene rings is 1. The van der Waals surface area contributed by atoms with Crippen LogP contribution in [0.2, 0.25) is 0 Å². The largest absolute Gasteiger partial charge is 0.371 e. The monoisotopic (exact) mass is 263 g/mol. The molecular weight excluding hydrogens is 242 g/mol. The molecule has 0 amide bonds. The van der Waals surface area contributed by atoms with Crippen LogP contribution < -0.4 is 10.6 Å². The average molecular weight is 263 g/mol. The first-order chi connectivity index (χ1) is 8.99.